The van der Waals surface area contributed by atoms with Crippen molar-refractivity contribution in [2.75, 3.05) is 0 Å². The number of benzene rings is 1. The van der Waals surface area contributed by atoms with E-state index in [0.29, 0.717) is 24.3 Å². The maximum Gasteiger partial charge on any atom is 0.0856 e. The molecule has 26 heavy (non-hydrogen) atoms. The summed E-state index contributed by atoms with van der Waals surface area (Å²) >= 11 is 8.02. The topological polar surface area (TPSA) is 69.9 Å². The fourth-order valence-electron chi connectivity index (χ4n) is 3.47. The first-order valence-electron chi connectivity index (χ1n) is 8.89. The Balaban J connectivity index is 1.90. The SMILES string of the molecule is CC1CC(O)CC(c2cc(Cc3ccc(C(C)O)s3)c(Cl)cc2CO)O1. The Kier molecular flexibility index (Phi) is 6.38. The van der Waals surface area contributed by atoms with Crippen LogP contribution in [0.25, 0.3) is 0 Å². The minimum Gasteiger partial charge on any atom is -0.393 e. The van der Waals surface area contributed by atoms with Crippen molar-refractivity contribution < 1.29 is 20.1 Å². The van der Waals surface area contributed by atoms with Crippen LogP contribution >= 0.6 is 22.9 Å². The zero-order valence-electron chi connectivity index (χ0n) is 15.0. The van der Waals surface area contributed by atoms with Crippen LogP contribution in [0.3, 0.4) is 0 Å². The van der Waals surface area contributed by atoms with Crippen LogP contribution in [0.1, 0.15) is 65.3 Å². The summed E-state index contributed by atoms with van der Waals surface area (Å²) in [5.74, 6) is 0. The van der Waals surface area contributed by atoms with E-state index in [1.165, 1.54) is 0 Å². The van der Waals surface area contributed by atoms with Crippen LogP contribution in [0.5, 0.6) is 0 Å². The van der Waals surface area contributed by atoms with E-state index in [1.807, 2.05) is 25.1 Å². The van der Waals surface area contributed by atoms with Gasteiger partial charge in [-0.3, -0.25) is 0 Å². The van der Waals surface area contributed by atoms with Gasteiger partial charge in [0, 0.05) is 27.6 Å². The van der Waals surface area contributed by atoms with Crippen LogP contribution in [-0.2, 0) is 17.8 Å². The standard InChI is InChI=1S/C20H25ClO4S/c1-11-5-15(24)9-19(25-11)17-7-13(18(21)8-14(17)10-22)6-16-3-4-20(26-16)12(2)23/h3-4,7-8,11-12,15,19,22-24H,5-6,9-10H2,1-2H3. The summed E-state index contributed by atoms with van der Waals surface area (Å²) in [5, 5.41) is 30.2. The Morgan fingerprint density at radius 2 is 2.04 bits per heavy atom. The molecule has 4 unspecified atom stereocenters. The highest BCUT2D eigenvalue weighted by Crippen LogP contribution is 2.36. The maximum atomic E-state index is 10.1. The largest absolute Gasteiger partial charge is 0.393 e. The smallest absolute Gasteiger partial charge is 0.0856 e. The number of halogens is 1. The third-order valence-electron chi connectivity index (χ3n) is 4.77. The lowest BCUT2D eigenvalue weighted by Crippen LogP contribution is -2.30. The molecule has 1 fully saturated rings. The Morgan fingerprint density at radius 3 is 2.65 bits per heavy atom. The van der Waals surface area contributed by atoms with Crippen molar-refractivity contribution in [3.63, 3.8) is 0 Å². The highest BCUT2D eigenvalue weighted by atomic mass is 35.5. The van der Waals surface area contributed by atoms with Gasteiger partial charge in [0.1, 0.15) is 0 Å². The molecule has 142 valence electrons. The first-order valence-corrected chi connectivity index (χ1v) is 10.1. The summed E-state index contributed by atoms with van der Waals surface area (Å²) < 4.78 is 6.02. The number of hydrogen-bond acceptors (Lipinski definition) is 5. The lowest BCUT2D eigenvalue weighted by Gasteiger charge is -2.33. The fourth-order valence-corrected chi connectivity index (χ4v) is 4.70. The molecular formula is C20H25ClO4S. The summed E-state index contributed by atoms with van der Waals surface area (Å²) in [4.78, 5) is 2.04. The van der Waals surface area contributed by atoms with Gasteiger partial charge >= 0.3 is 0 Å². The van der Waals surface area contributed by atoms with E-state index in [-0.39, 0.29) is 18.8 Å². The molecule has 1 aliphatic rings. The molecule has 6 heteroatoms. The van der Waals surface area contributed by atoms with Gasteiger partial charge in [-0.2, -0.15) is 0 Å². The van der Waals surface area contributed by atoms with E-state index >= 15 is 0 Å². The third-order valence-corrected chi connectivity index (χ3v) is 6.38. The molecule has 0 bridgehead atoms. The third kappa shape index (κ3) is 4.47. The normalized spacial score (nSPS) is 24.6. The van der Waals surface area contributed by atoms with Crippen LogP contribution in [0, 0.1) is 0 Å². The second-order valence-electron chi connectivity index (χ2n) is 7.02. The second-order valence-corrected chi connectivity index (χ2v) is 8.63. The van der Waals surface area contributed by atoms with E-state index in [0.717, 1.165) is 26.4 Å². The predicted molar refractivity (Wildman–Crippen MR) is 104 cm³/mol. The molecule has 0 amide bonds. The van der Waals surface area contributed by atoms with Gasteiger partial charge in [-0.25, -0.2) is 0 Å². The molecule has 3 rings (SSSR count). The highest BCUT2D eigenvalue weighted by molar-refractivity contribution is 7.12. The van der Waals surface area contributed by atoms with Gasteiger partial charge in [0.25, 0.3) is 0 Å². The van der Waals surface area contributed by atoms with Gasteiger partial charge in [-0.1, -0.05) is 17.7 Å². The molecule has 0 radical (unpaired) electrons. The lowest BCUT2D eigenvalue weighted by molar-refractivity contribution is -0.0901. The molecule has 1 aliphatic heterocycles. The van der Waals surface area contributed by atoms with E-state index in [1.54, 1.807) is 24.3 Å². The monoisotopic (exact) mass is 396 g/mol. The van der Waals surface area contributed by atoms with Gasteiger partial charge in [0.2, 0.25) is 0 Å². The summed E-state index contributed by atoms with van der Waals surface area (Å²) in [6.45, 7) is 3.59. The van der Waals surface area contributed by atoms with Crippen molar-refractivity contribution >= 4 is 22.9 Å². The Bertz CT molecular complexity index is 748. The Hall–Kier alpha value is -0.950. The van der Waals surface area contributed by atoms with E-state index in [2.05, 4.69) is 0 Å². The zero-order chi connectivity index (χ0) is 18.8. The van der Waals surface area contributed by atoms with Crippen LogP contribution in [0.4, 0.5) is 0 Å². The summed E-state index contributed by atoms with van der Waals surface area (Å²) in [6, 6.07) is 7.73. The number of thiophene rings is 1. The van der Waals surface area contributed by atoms with E-state index in [4.69, 9.17) is 16.3 Å². The minimum atomic E-state index is -0.477. The Labute approximate surface area is 163 Å². The Morgan fingerprint density at radius 1 is 1.27 bits per heavy atom. The van der Waals surface area contributed by atoms with Crippen LogP contribution in [0.15, 0.2) is 24.3 Å². The molecule has 4 nitrogen and oxygen atoms in total. The maximum absolute atomic E-state index is 10.1. The van der Waals surface area contributed by atoms with Crippen LogP contribution in [-0.4, -0.2) is 27.5 Å². The minimum absolute atomic E-state index is 0.0275. The van der Waals surface area contributed by atoms with Crippen molar-refractivity contribution in [2.24, 2.45) is 0 Å². The number of hydrogen-bond donors (Lipinski definition) is 3. The van der Waals surface area contributed by atoms with Gasteiger partial charge in [-0.15, -0.1) is 11.3 Å². The molecule has 1 saturated heterocycles. The molecule has 3 N–H and O–H groups in total. The number of aliphatic hydroxyl groups is 3. The van der Waals surface area contributed by atoms with Gasteiger partial charge in [0.05, 0.1) is 31.0 Å². The quantitative estimate of drug-likeness (QED) is 0.710. The predicted octanol–water partition coefficient (Wildman–Crippen LogP) is 4.14. The highest BCUT2D eigenvalue weighted by Gasteiger charge is 2.29. The van der Waals surface area contributed by atoms with Crippen molar-refractivity contribution in [2.45, 2.75) is 64.1 Å². The first-order chi connectivity index (χ1) is 12.4. The van der Waals surface area contributed by atoms with E-state index < -0.39 is 12.2 Å². The lowest BCUT2D eigenvalue weighted by atomic mass is 9.91. The van der Waals surface area contributed by atoms with E-state index in [9.17, 15) is 15.3 Å². The first kappa shape index (κ1) is 19.8. The number of aliphatic hydroxyl groups excluding tert-OH is 3. The molecule has 4 atom stereocenters. The average Bonchev–Trinajstić information content (AvgIpc) is 3.04. The summed E-state index contributed by atoms with van der Waals surface area (Å²) in [5.41, 5.74) is 2.58. The van der Waals surface area contributed by atoms with Crippen molar-refractivity contribution in [3.8, 4) is 0 Å². The number of ether oxygens (including phenoxy) is 1. The van der Waals surface area contributed by atoms with Crippen LogP contribution < -0.4 is 0 Å². The summed E-state index contributed by atoms with van der Waals surface area (Å²) in [7, 11) is 0. The van der Waals surface area contributed by atoms with Crippen molar-refractivity contribution in [3.05, 3.63) is 55.7 Å². The molecule has 2 aromatic rings. The fraction of sp³-hybridized carbons (Fsp3) is 0.500. The van der Waals surface area contributed by atoms with Gasteiger partial charge < -0.3 is 20.1 Å². The molecule has 0 spiro atoms. The van der Waals surface area contributed by atoms with Gasteiger partial charge in [0.15, 0.2) is 0 Å². The van der Waals surface area contributed by atoms with Crippen molar-refractivity contribution in [1.29, 1.82) is 0 Å². The summed E-state index contributed by atoms with van der Waals surface area (Å²) in [6.07, 6.45) is 0.644. The molecule has 1 aromatic heterocycles. The van der Waals surface area contributed by atoms with Gasteiger partial charge in [-0.05, 0) is 55.2 Å². The molecule has 1 aromatic carbocycles. The zero-order valence-corrected chi connectivity index (χ0v) is 16.6. The van der Waals surface area contributed by atoms with Crippen LogP contribution in [0.2, 0.25) is 5.02 Å². The molecule has 2 heterocycles. The van der Waals surface area contributed by atoms with Crippen molar-refractivity contribution in [1.82, 2.24) is 0 Å². The average molecular weight is 397 g/mol. The molecule has 0 aliphatic carbocycles. The number of rotatable bonds is 5. The molecular weight excluding hydrogens is 372 g/mol. The molecule has 0 saturated carbocycles. The second kappa shape index (κ2) is 8.38.